The summed E-state index contributed by atoms with van der Waals surface area (Å²) in [5.74, 6) is -0.200. The molecule has 1 saturated heterocycles. The number of carbonyl (C=O) groups is 1. The predicted octanol–water partition coefficient (Wildman–Crippen LogP) is 1.99. The predicted molar refractivity (Wildman–Crippen MR) is 56.2 cm³/mol. The van der Waals surface area contributed by atoms with Crippen LogP contribution in [0.3, 0.4) is 0 Å². The molecule has 0 spiro atoms. The molecule has 1 atom stereocenters. The highest BCUT2D eigenvalue weighted by molar-refractivity contribution is 5.92. The van der Waals surface area contributed by atoms with Gasteiger partial charge >= 0.3 is 5.97 Å². The SMILES string of the molecule is O=C(OC[C@@H]1CO1)c1cc2ccccc2o1. The van der Waals surface area contributed by atoms with Crippen LogP contribution < -0.4 is 0 Å². The van der Waals surface area contributed by atoms with Crippen molar-refractivity contribution in [3.05, 3.63) is 36.1 Å². The molecule has 1 aromatic carbocycles. The van der Waals surface area contributed by atoms with Crippen LogP contribution in [-0.2, 0) is 9.47 Å². The monoisotopic (exact) mass is 218 g/mol. The third-order valence-electron chi connectivity index (χ3n) is 2.43. The van der Waals surface area contributed by atoms with Crippen LogP contribution in [0.25, 0.3) is 11.0 Å². The molecule has 2 aromatic rings. The Labute approximate surface area is 91.7 Å². The third-order valence-corrected chi connectivity index (χ3v) is 2.43. The van der Waals surface area contributed by atoms with Gasteiger partial charge in [0.15, 0.2) is 0 Å². The van der Waals surface area contributed by atoms with Gasteiger partial charge in [0, 0.05) is 5.39 Å². The average molecular weight is 218 g/mol. The van der Waals surface area contributed by atoms with Crippen LogP contribution >= 0.6 is 0 Å². The van der Waals surface area contributed by atoms with E-state index in [4.69, 9.17) is 13.9 Å². The molecule has 1 fully saturated rings. The summed E-state index contributed by atoms with van der Waals surface area (Å²) in [4.78, 5) is 11.6. The number of rotatable bonds is 3. The lowest BCUT2D eigenvalue weighted by molar-refractivity contribution is 0.0443. The fourth-order valence-electron chi connectivity index (χ4n) is 1.49. The van der Waals surface area contributed by atoms with E-state index in [9.17, 15) is 4.79 Å². The molecule has 0 amide bonds. The van der Waals surface area contributed by atoms with Gasteiger partial charge in [0.1, 0.15) is 18.3 Å². The third kappa shape index (κ3) is 1.79. The van der Waals surface area contributed by atoms with E-state index < -0.39 is 5.97 Å². The van der Waals surface area contributed by atoms with E-state index >= 15 is 0 Å². The Morgan fingerprint density at radius 2 is 2.25 bits per heavy atom. The van der Waals surface area contributed by atoms with E-state index in [0.717, 1.165) is 5.39 Å². The minimum atomic E-state index is -0.438. The minimum Gasteiger partial charge on any atom is -0.457 e. The number of esters is 1. The molecule has 0 radical (unpaired) electrons. The molecule has 0 saturated carbocycles. The molecule has 16 heavy (non-hydrogen) atoms. The Balaban J connectivity index is 1.78. The lowest BCUT2D eigenvalue weighted by atomic mass is 10.2. The Morgan fingerprint density at radius 1 is 1.44 bits per heavy atom. The van der Waals surface area contributed by atoms with Crippen molar-refractivity contribution in [3.8, 4) is 0 Å². The van der Waals surface area contributed by atoms with Gasteiger partial charge in [0.25, 0.3) is 0 Å². The molecule has 82 valence electrons. The molecule has 2 heterocycles. The molecule has 0 unspecified atom stereocenters. The smallest absolute Gasteiger partial charge is 0.374 e. The summed E-state index contributed by atoms with van der Waals surface area (Å²) in [5.41, 5.74) is 0.692. The zero-order chi connectivity index (χ0) is 11.0. The standard InChI is InChI=1S/C12H10O4/c13-12(15-7-9-6-14-9)11-5-8-3-1-2-4-10(8)16-11/h1-5,9H,6-7H2/t9-/m0/s1. The molecule has 1 aromatic heterocycles. The molecule has 0 aliphatic carbocycles. The Hall–Kier alpha value is -1.81. The number of benzene rings is 1. The van der Waals surface area contributed by atoms with Gasteiger partial charge in [-0.2, -0.15) is 0 Å². The van der Waals surface area contributed by atoms with Crippen molar-refractivity contribution < 1.29 is 18.7 Å². The summed E-state index contributed by atoms with van der Waals surface area (Å²) in [6, 6.07) is 9.14. The first-order valence-electron chi connectivity index (χ1n) is 5.10. The number of carbonyl (C=O) groups excluding carboxylic acids is 1. The normalized spacial score (nSPS) is 18.6. The molecular formula is C12H10O4. The van der Waals surface area contributed by atoms with Crippen LogP contribution in [0.2, 0.25) is 0 Å². The molecule has 1 aliphatic rings. The topological polar surface area (TPSA) is 52.0 Å². The summed E-state index contributed by atoms with van der Waals surface area (Å²) >= 11 is 0. The molecule has 4 heteroatoms. The van der Waals surface area contributed by atoms with E-state index in [-0.39, 0.29) is 11.9 Å². The van der Waals surface area contributed by atoms with Crippen molar-refractivity contribution in [1.29, 1.82) is 0 Å². The van der Waals surface area contributed by atoms with Crippen LogP contribution in [0.4, 0.5) is 0 Å². The molecular weight excluding hydrogens is 208 g/mol. The lowest BCUT2D eigenvalue weighted by Gasteiger charge is -1.98. The molecule has 4 nitrogen and oxygen atoms in total. The van der Waals surface area contributed by atoms with Crippen molar-refractivity contribution in [2.45, 2.75) is 6.10 Å². The van der Waals surface area contributed by atoms with E-state index in [1.165, 1.54) is 0 Å². The fourth-order valence-corrected chi connectivity index (χ4v) is 1.49. The van der Waals surface area contributed by atoms with Crippen LogP contribution in [0, 0.1) is 0 Å². The van der Waals surface area contributed by atoms with Crippen LogP contribution in [0.5, 0.6) is 0 Å². The number of hydrogen-bond acceptors (Lipinski definition) is 4. The van der Waals surface area contributed by atoms with Gasteiger partial charge in [0.2, 0.25) is 5.76 Å². The van der Waals surface area contributed by atoms with Crippen LogP contribution in [0.15, 0.2) is 34.7 Å². The van der Waals surface area contributed by atoms with Gasteiger partial charge < -0.3 is 13.9 Å². The van der Waals surface area contributed by atoms with Crippen molar-refractivity contribution >= 4 is 16.9 Å². The van der Waals surface area contributed by atoms with Crippen molar-refractivity contribution in [2.24, 2.45) is 0 Å². The maximum absolute atomic E-state index is 11.6. The first-order chi connectivity index (χ1) is 7.83. The summed E-state index contributed by atoms with van der Waals surface area (Å²) in [6.45, 7) is 0.975. The Morgan fingerprint density at radius 3 is 3.00 bits per heavy atom. The summed E-state index contributed by atoms with van der Waals surface area (Å²) in [7, 11) is 0. The van der Waals surface area contributed by atoms with Crippen molar-refractivity contribution in [1.82, 2.24) is 0 Å². The zero-order valence-electron chi connectivity index (χ0n) is 8.51. The van der Waals surface area contributed by atoms with Gasteiger partial charge in [-0.1, -0.05) is 18.2 Å². The number of ether oxygens (including phenoxy) is 2. The minimum absolute atomic E-state index is 0.0772. The van der Waals surface area contributed by atoms with Gasteiger partial charge in [-0.15, -0.1) is 0 Å². The maximum Gasteiger partial charge on any atom is 0.374 e. The largest absolute Gasteiger partial charge is 0.457 e. The average Bonchev–Trinajstić information content (AvgIpc) is 3.02. The van der Waals surface area contributed by atoms with E-state index in [0.29, 0.717) is 18.8 Å². The van der Waals surface area contributed by atoms with Crippen LogP contribution in [0.1, 0.15) is 10.6 Å². The second kappa shape index (κ2) is 3.64. The zero-order valence-corrected chi connectivity index (χ0v) is 8.51. The summed E-state index contributed by atoms with van der Waals surface area (Å²) in [6.07, 6.45) is 0.0772. The highest BCUT2D eigenvalue weighted by atomic mass is 16.6. The second-order valence-electron chi connectivity index (χ2n) is 3.70. The molecule has 0 bridgehead atoms. The van der Waals surface area contributed by atoms with Crippen LogP contribution in [-0.4, -0.2) is 25.3 Å². The van der Waals surface area contributed by atoms with E-state index in [1.54, 1.807) is 6.07 Å². The lowest BCUT2D eigenvalue weighted by Crippen LogP contribution is -2.08. The van der Waals surface area contributed by atoms with Crippen molar-refractivity contribution in [3.63, 3.8) is 0 Å². The molecule has 1 aliphatic heterocycles. The molecule has 0 N–H and O–H groups in total. The Kier molecular flexibility index (Phi) is 2.15. The number of fused-ring (bicyclic) bond motifs is 1. The van der Waals surface area contributed by atoms with Gasteiger partial charge in [-0.05, 0) is 12.1 Å². The molecule has 3 rings (SSSR count). The highest BCUT2D eigenvalue weighted by Crippen LogP contribution is 2.19. The number of epoxide rings is 1. The number of furan rings is 1. The number of para-hydroxylation sites is 1. The maximum atomic E-state index is 11.6. The quantitative estimate of drug-likeness (QED) is 0.584. The van der Waals surface area contributed by atoms with Crippen molar-refractivity contribution in [2.75, 3.05) is 13.2 Å². The highest BCUT2D eigenvalue weighted by Gasteiger charge is 2.25. The first-order valence-corrected chi connectivity index (χ1v) is 5.10. The van der Waals surface area contributed by atoms with Gasteiger partial charge in [-0.25, -0.2) is 4.79 Å². The number of hydrogen-bond donors (Lipinski definition) is 0. The van der Waals surface area contributed by atoms with Gasteiger partial charge in [-0.3, -0.25) is 0 Å². The van der Waals surface area contributed by atoms with Gasteiger partial charge in [0.05, 0.1) is 6.61 Å². The first kappa shape index (κ1) is 9.42. The Bertz CT molecular complexity index is 492. The van der Waals surface area contributed by atoms with E-state index in [2.05, 4.69) is 0 Å². The van der Waals surface area contributed by atoms with E-state index in [1.807, 2.05) is 24.3 Å². The second-order valence-corrected chi connectivity index (χ2v) is 3.70. The summed E-state index contributed by atoms with van der Waals surface area (Å²) in [5, 5.41) is 0.900. The summed E-state index contributed by atoms with van der Waals surface area (Å²) < 4.78 is 15.3. The fraction of sp³-hybridized carbons (Fsp3) is 0.250.